The number of carbonyl (C=O) groups excluding carboxylic acids is 2. The van der Waals surface area contributed by atoms with E-state index >= 15 is 0 Å². The minimum absolute atomic E-state index is 0.00205. The van der Waals surface area contributed by atoms with Crippen LogP contribution < -0.4 is 10.7 Å². The highest BCUT2D eigenvalue weighted by Crippen LogP contribution is 2.17. The van der Waals surface area contributed by atoms with Crippen LogP contribution in [0.25, 0.3) is 0 Å². The molecular weight excluding hydrogens is 398 g/mol. The molecule has 0 fully saturated rings. The highest BCUT2D eigenvalue weighted by molar-refractivity contribution is 7.15. The summed E-state index contributed by atoms with van der Waals surface area (Å²) >= 11 is 7.14. The molecule has 1 aromatic heterocycles. The Labute approximate surface area is 170 Å². The second-order valence-electron chi connectivity index (χ2n) is 5.81. The summed E-state index contributed by atoms with van der Waals surface area (Å²) in [5, 5.41) is 15.7. The molecule has 1 heterocycles. The number of benzene rings is 2. The van der Waals surface area contributed by atoms with Gasteiger partial charge in [0.25, 0.3) is 5.91 Å². The summed E-state index contributed by atoms with van der Waals surface area (Å²) in [6, 6.07) is 14.3. The van der Waals surface area contributed by atoms with Crippen molar-refractivity contribution < 1.29 is 9.59 Å². The molecule has 142 valence electrons. The largest absolute Gasteiger partial charge is 0.296 e. The van der Waals surface area contributed by atoms with Crippen LogP contribution in [-0.4, -0.2) is 28.2 Å². The van der Waals surface area contributed by atoms with Crippen molar-refractivity contribution in [2.24, 2.45) is 5.10 Å². The van der Waals surface area contributed by atoms with Gasteiger partial charge in [-0.3, -0.25) is 14.9 Å². The summed E-state index contributed by atoms with van der Waals surface area (Å²) < 4.78 is 0. The topological polar surface area (TPSA) is 96.3 Å². The summed E-state index contributed by atoms with van der Waals surface area (Å²) in [5.74, 6) is -0.632. The molecular formula is C19H16ClN5O2S. The van der Waals surface area contributed by atoms with Gasteiger partial charge in [-0.25, -0.2) is 5.43 Å². The van der Waals surface area contributed by atoms with Gasteiger partial charge in [0.2, 0.25) is 11.0 Å². The number of amides is 2. The van der Waals surface area contributed by atoms with E-state index in [-0.39, 0.29) is 18.2 Å². The molecule has 3 rings (SSSR count). The van der Waals surface area contributed by atoms with Gasteiger partial charge >= 0.3 is 0 Å². The lowest BCUT2D eigenvalue weighted by Crippen LogP contribution is -2.19. The Morgan fingerprint density at radius 2 is 1.89 bits per heavy atom. The minimum Gasteiger partial charge on any atom is -0.296 e. The van der Waals surface area contributed by atoms with Gasteiger partial charge in [-0.1, -0.05) is 58.8 Å². The zero-order valence-corrected chi connectivity index (χ0v) is 16.4. The maximum atomic E-state index is 12.2. The monoisotopic (exact) mass is 413 g/mol. The van der Waals surface area contributed by atoms with E-state index in [9.17, 15) is 9.59 Å². The number of nitrogens with zero attached hydrogens (tertiary/aromatic N) is 3. The molecule has 0 radical (unpaired) electrons. The van der Waals surface area contributed by atoms with Gasteiger partial charge in [0.15, 0.2) is 0 Å². The molecule has 28 heavy (non-hydrogen) atoms. The van der Waals surface area contributed by atoms with E-state index in [0.717, 1.165) is 16.9 Å². The lowest BCUT2D eigenvalue weighted by atomic mass is 10.1. The SMILES string of the molecule is Cc1ccc(C(=O)Nc2nnc(CC(=O)N/N=C/c3ccccc3Cl)s2)cc1. The molecule has 0 saturated carbocycles. The zero-order valence-electron chi connectivity index (χ0n) is 14.8. The van der Waals surface area contributed by atoms with Crippen LogP contribution in [-0.2, 0) is 11.2 Å². The van der Waals surface area contributed by atoms with E-state index in [1.165, 1.54) is 6.21 Å². The van der Waals surface area contributed by atoms with Crippen LogP contribution in [0.5, 0.6) is 0 Å². The van der Waals surface area contributed by atoms with Crippen LogP contribution in [0.3, 0.4) is 0 Å². The number of halogens is 1. The van der Waals surface area contributed by atoms with Crippen molar-refractivity contribution in [3.63, 3.8) is 0 Å². The first-order valence-electron chi connectivity index (χ1n) is 8.28. The molecule has 0 spiro atoms. The molecule has 0 saturated heterocycles. The minimum atomic E-state index is -0.351. The third-order valence-corrected chi connectivity index (χ3v) is 4.79. The number of hydrogen-bond acceptors (Lipinski definition) is 6. The number of carbonyl (C=O) groups is 2. The van der Waals surface area contributed by atoms with Gasteiger partial charge in [-0.05, 0) is 25.1 Å². The van der Waals surface area contributed by atoms with Gasteiger partial charge in [-0.15, -0.1) is 10.2 Å². The van der Waals surface area contributed by atoms with Crippen LogP contribution in [0, 0.1) is 6.92 Å². The molecule has 0 aliphatic rings. The molecule has 0 aliphatic heterocycles. The summed E-state index contributed by atoms with van der Waals surface area (Å²) in [6.45, 7) is 1.95. The smallest absolute Gasteiger partial charge is 0.257 e. The number of aryl methyl sites for hydroxylation is 1. The summed E-state index contributed by atoms with van der Waals surface area (Å²) in [4.78, 5) is 24.1. The second kappa shape index (κ2) is 9.20. The molecule has 9 heteroatoms. The highest BCUT2D eigenvalue weighted by atomic mass is 35.5. The lowest BCUT2D eigenvalue weighted by molar-refractivity contribution is -0.120. The molecule has 0 bridgehead atoms. The van der Waals surface area contributed by atoms with Gasteiger partial charge in [-0.2, -0.15) is 5.10 Å². The Kier molecular flexibility index (Phi) is 6.46. The van der Waals surface area contributed by atoms with Crippen LogP contribution in [0.4, 0.5) is 5.13 Å². The number of anilines is 1. The molecule has 0 aliphatic carbocycles. The van der Waals surface area contributed by atoms with Crippen molar-refractivity contribution >= 4 is 46.1 Å². The Morgan fingerprint density at radius 3 is 2.64 bits per heavy atom. The van der Waals surface area contributed by atoms with Crippen molar-refractivity contribution in [2.75, 3.05) is 5.32 Å². The first-order valence-corrected chi connectivity index (χ1v) is 9.47. The first-order chi connectivity index (χ1) is 13.5. The number of rotatable bonds is 6. The normalized spacial score (nSPS) is 10.8. The number of nitrogens with one attached hydrogen (secondary N) is 2. The average molecular weight is 414 g/mol. The Morgan fingerprint density at radius 1 is 1.14 bits per heavy atom. The maximum absolute atomic E-state index is 12.2. The molecule has 0 unspecified atom stereocenters. The van der Waals surface area contributed by atoms with Gasteiger partial charge in [0.1, 0.15) is 5.01 Å². The molecule has 0 atom stereocenters. The molecule has 2 amide bonds. The van der Waals surface area contributed by atoms with Crippen LogP contribution in [0.2, 0.25) is 5.02 Å². The Balaban J connectivity index is 1.52. The average Bonchev–Trinajstić information content (AvgIpc) is 3.10. The molecule has 3 aromatic rings. The summed E-state index contributed by atoms with van der Waals surface area (Å²) in [6.07, 6.45) is 1.46. The lowest BCUT2D eigenvalue weighted by Gasteiger charge is -2.01. The zero-order chi connectivity index (χ0) is 19.9. The van der Waals surface area contributed by atoms with Crippen LogP contribution in [0.15, 0.2) is 53.6 Å². The summed E-state index contributed by atoms with van der Waals surface area (Å²) in [7, 11) is 0. The maximum Gasteiger partial charge on any atom is 0.257 e. The van der Waals surface area contributed by atoms with Crippen molar-refractivity contribution in [1.29, 1.82) is 0 Å². The van der Waals surface area contributed by atoms with E-state index in [1.54, 1.807) is 24.3 Å². The molecule has 2 N–H and O–H groups in total. The Bertz CT molecular complexity index is 1020. The fourth-order valence-corrected chi connectivity index (χ4v) is 3.10. The van der Waals surface area contributed by atoms with Crippen molar-refractivity contribution in [3.05, 3.63) is 75.3 Å². The highest BCUT2D eigenvalue weighted by Gasteiger charge is 2.12. The summed E-state index contributed by atoms with van der Waals surface area (Å²) in [5.41, 5.74) is 4.70. The van der Waals surface area contributed by atoms with Gasteiger partial charge < -0.3 is 0 Å². The van der Waals surface area contributed by atoms with Crippen LogP contribution in [0.1, 0.15) is 26.5 Å². The van der Waals surface area contributed by atoms with E-state index in [1.807, 2.05) is 31.2 Å². The second-order valence-corrected chi connectivity index (χ2v) is 7.28. The third-order valence-electron chi connectivity index (χ3n) is 3.61. The fraction of sp³-hybridized carbons (Fsp3) is 0.105. The van der Waals surface area contributed by atoms with E-state index < -0.39 is 0 Å². The number of hydrogen-bond donors (Lipinski definition) is 2. The molecule has 2 aromatic carbocycles. The fourth-order valence-electron chi connectivity index (χ4n) is 2.18. The predicted octanol–water partition coefficient (Wildman–Crippen LogP) is 3.45. The Hall–Kier alpha value is -3.10. The van der Waals surface area contributed by atoms with Crippen molar-refractivity contribution in [3.8, 4) is 0 Å². The third kappa shape index (κ3) is 5.45. The first kappa shape index (κ1) is 19.7. The standard InChI is InChI=1S/C19H16ClN5O2S/c1-12-6-8-13(9-7-12)18(27)22-19-25-24-17(28-19)10-16(26)23-21-11-14-4-2-3-5-15(14)20/h2-9,11H,10H2,1H3,(H,23,26)(H,22,25,27)/b21-11+. The van der Waals surface area contributed by atoms with Gasteiger partial charge in [0.05, 0.1) is 12.6 Å². The van der Waals surface area contributed by atoms with Crippen molar-refractivity contribution in [1.82, 2.24) is 15.6 Å². The van der Waals surface area contributed by atoms with Gasteiger partial charge in [0, 0.05) is 16.1 Å². The molecule has 7 nitrogen and oxygen atoms in total. The number of hydrazone groups is 1. The predicted molar refractivity (Wildman–Crippen MR) is 110 cm³/mol. The quantitative estimate of drug-likeness (QED) is 0.477. The number of aromatic nitrogens is 2. The van der Waals surface area contributed by atoms with Crippen molar-refractivity contribution in [2.45, 2.75) is 13.3 Å². The van der Waals surface area contributed by atoms with Crippen LogP contribution >= 0.6 is 22.9 Å². The van der Waals surface area contributed by atoms with E-state index in [2.05, 4.69) is 26.0 Å². The van der Waals surface area contributed by atoms with E-state index in [4.69, 9.17) is 11.6 Å². The van der Waals surface area contributed by atoms with E-state index in [0.29, 0.717) is 26.3 Å².